The summed E-state index contributed by atoms with van der Waals surface area (Å²) in [7, 11) is 1.46. The van der Waals surface area contributed by atoms with Gasteiger partial charge in [-0.05, 0) is 25.1 Å². The predicted octanol–water partition coefficient (Wildman–Crippen LogP) is 2.73. The molecule has 0 fully saturated rings. The number of aromatic hydroxyl groups is 1. The Hall–Kier alpha value is -2.70. The molecule has 1 aromatic heterocycles. The van der Waals surface area contributed by atoms with Crippen molar-refractivity contribution in [2.45, 2.75) is 13.0 Å². The lowest BCUT2D eigenvalue weighted by Crippen LogP contribution is -2.31. The number of aromatic nitrogens is 1. The Bertz CT molecular complexity index is 772. The van der Waals surface area contributed by atoms with E-state index in [0.717, 1.165) is 17.0 Å². The van der Waals surface area contributed by atoms with E-state index in [2.05, 4.69) is 10.3 Å². The molecule has 2 aromatic rings. The molecule has 0 aliphatic carbocycles. The van der Waals surface area contributed by atoms with Gasteiger partial charge >= 0.3 is 0 Å². The highest BCUT2D eigenvalue weighted by Gasteiger charge is 2.27. The van der Waals surface area contributed by atoms with Crippen molar-refractivity contribution in [3.8, 4) is 5.75 Å². The third kappa shape index (κ3) is 3.29. The summed E-state index contributed by atoms with van der Waals surface area (Å²) in [5, 5.41) is 13.5. The largest absolute Gasteiger partial charge is 0.508 e. The molecule has 2 heterocycles. The van der Waals surface area contributed by atoms with Crippen LogP contribution in [0.1, 0.15) is 24.2 Å². The molecule has 1 unspecified atom stereocenters. The highest BCUT2D eigenvalue weighted by Crippen LogP contribution is 2.35. The van der Waals surface area contributed by atoms with Gasteiger partial charge in [-0.25, -0.2) is 9.78 Å². The lowest BCUT2D eigenvalue weighted by molar-refractivity contribution is -0.265. The van der Waals surface area contributed by atoms with Crippen LogP contribution in [0.4, 0.5) is 0 Å². The van der Waals surface area contributed by atoms with Crippen LogP contribution in [0.3, 0.4) is 0 Å². The smallest absolute Gasteiger partial charge is 0.152 e. The van der Waals surface area contributed by atoms with Gasteiger partial charge in [-0.1, -0.05) is 24.3 Å². The zero-order valence-electron chi connectivity index (χ0n) is 13.6. The fourth-order valence-corrected chi connectivity index (χ4v) is 2.62. The summed E-state index contributed by atoms with van der Waals surface area (Å²) < 4.78 is 0. The number of pyridine rings is 1. The van der Waals surface area contributed by atoms with E-state index >= 15 is 0 Å². The summed E-state index contributed by atoms with van der Waals surface area (Å²) in [6, 6.07) is 12.4. The second-order valence-electron chi connectivity index (χ2n) is 5.36. The molecule has 124 valence electrons. The number of para-hydroxylation sites is 1. The maximum absolute atomic E-state index is 10.2. The van der Waals surface area contributed by atoms with Crippen LogP contribution in [0, 0.1) is 0 Å². The second-order valence-corrected chi connectivity index (χ2v) is 5.36. The number of hydrogen-bond donors (Lipinski definition) is 2. The molecule has 0 amide bonds. The fraction of sp³-hybridized carbons (Fsp3) is 0.222. The minimum absolute atomic E-state index is 0.191. The topological polar surface area (TPSA) is 76.0 Å². The SMILES string of the molecule is COOCC1=C(C)NC(c2ccccn2)=NC1c1ccccc1O. The molecule has 0 spiro atoms. The van der Waals surface area contributed by atoms with E-state index in [-0.39, 0.29) is 18.4 Å². The maximum Gasteiger partial charge on any atom is 0.152 e. The van der Waals surface area contributed by atoms with E-state index in [1.165, 1.54) is 7.11 Å². The van der Waals surface area contributed by atoms with Crippen LogP contribution in [0.15, 0.2) is 64.9 Å². The van der Waals surface area contributed by atoms with Gasteiger partial charge < -0.3 is 10.4 Å². The molecule has 3 rings (SSSR count). The van der Waals surface area contributed by atoms with Crippen molar-refractivity contribution in [2.24, 2.45) is 4.99 Å². The van der Waals surface area contributed by atoms with Crippen molar-refractivity contribution in [3.05, 3.63) is 71.2 Å². The Morgan fingerprint density at radius 3 is 2.67 bits per heavy atom. The highest BCUT2D eigenvalue weighted by atomic mass is 17.2. The number of aliphatic imine (C=N–C) groups is 1. The molecular formula is C18H19N3O3. The Kier molecular flexibility index (Phi) is 4.88. The standard InChI is InChI=1S/C18H19N3O3/c1-12-14(11-24-23-2)17(13-7-3-4-9-16(13)22)21-18(20-12)15-8-5-6-10-19-15/h3-10,17,22H,11H2,1-2H3,(H,20,21). The van der Waals surface area contributed by atoms with Crippen LogP contribution in [0.25, 0.3) is 0 Å². The van der Waals surface area contributed by atoms with Gasteiger partial charge in [0.1, 0.15) is 24.1 Å². The Labute approximate surface area is 140 Å². The molecule has 0 saturated carbocycles. The van der Waals surface area contributed by atoms with Gasteiger partial charge in [-0.15, -0.1) is 0 Å². The lowest BCUT2D eigenvalue weighted by Gasteiger charge is -2.27. The molecule has 1 aliphatic heterocycles. The number of benzene rings is 1. The number of phenolic OH excluding ortho intramolecular Hbond substituents is 1. The number of phenols is 1. The lowest BCUT2D eigenvalue weighted by atomic mass is 9.95. The minimum Gasteiger partial charge on any atom is -0.508 e. The van der Waals surface area contributed by atoms with Gasteiger partial charge in [-0.3, -0.25) is 9.98 Å². The summed E-state index contributed by atoms with van der Waals surface area (Å²) in [4.78, 5) is 18.9. The van der Waals surface area contributed by atoms with Gasteiger partial charge in [0, 0.05) is 23.0 Å². The van der Waals surface area contributed by atoms with Crippen LogP contribution in [0.2, 0.25) is 0 Å². The maximum atomic E-state index is 10.2. The third-order valence-corrected chi connectivity index (χ3v) is 3.85. The van der Waals surface area contributed by atoms with Gasteiger partial charge in [0.2, 0.25) is 0 Å². The highest BCUT2D eigenvalue weighted by molar-refractivity contribution is 5.99. The Morgan fingerprint density at radius 2 is 1.96 bits per heavy atom. The fourth-order valence-electron chi connectivity index (χ4n) is 2.62. The molecule has 0 radical (unpaired) electrons. The van der Waals surface area contributed by atoms with Gasteiger partial charge in [-0.2, -0.15) is 0 Å². The molecule has 1 atom stereocenters. The normalized spacial score (nSPS) is 17.4. The molecule has 2 N–H and O–H groups in total. The monoisotopic (exact) mass is 325 g/mol. The summed E-state index contributed by atoms with van der Waals surface area (Å²) in [5.74, 6) is 0.846. The van der Waals surface area contributed by atoms with Crippen LogP contribution in [0.5, 0.6) is 5.75 Å². The summed E-state index contributed by atoms with van der Waals surface area (Å²) in [6.45, 7) is 2.19. The second kappa shape index (κ2) is 7.25. The average molecular weight is 325 g/mol. The number of amidine groups is 1. The number of hydrogen-bond acceptors (Lipinski definition) is 6. The minimum atomic E-state index is -0.375. The van der Waals surface area contributed by atoms with Crippen LogP contribution in [-0.2, 0) is 9.78 Å². The van der Waals surface area contributed by atoms with Crippen LogP contribution < -0.4 is 5.32 Å². The first-order valence-corrected chi connectivity index (χ1v) is 7.60. The Balaban J connectivity index is 2.04. The number of nitrogens with zero attached hydrogens (tertiary/aromatic N) is 2. The summed E-state index contributed by atoms with van der Waals surface area (Å²) in [5.41, 5.74) is 3.24. The van der Waals surface area contributed by atoms with Crippen LogP contribution in [-0.4, -0.2) is 29.6 Å². The first-order chi connectivity index (χ1) is 11.7. The van der Waals surface area contributed by atoms with Crippen molar-refractivity contribution >= 4 is 5.84 Å². The quantitative estimate of drug-likeness (QED) is 0.653. The van der Waals surface area contributed by atoms with E-state index in [1.807, 2.05) is 37.3 Å². The number of allylic oxidation sites excluding steroid dienone is 1. The summed E-state index contributed by atoms with van der Waals surface area (Å²) in [6.07, 6.45) is 1.72. The van der Waals surface area contributed by atoms with E-state index in [0.29, 0.717) is 11.4 Å². The summed E-state index contributed by atoms with van der Waals surface area (Å²) >= 11 is 0. The van der Waals surface area contributed by atoms with Crippen LogP contribution >= 0.6 is 0 Å². The average Bonchev–Trinajstić information content (AvgIpc) is 2.61. The van der Waals surface area contributed by atoms with Gasteiger partial charge in [0.25, 0.3) is 0 Å². The first-order valence-electron chi connectivity index (χ1n) is 7.60. The number of rotatable bonds is 5. The predicted molar refractivity (Wildman–Crippen MR) is 90.4 cm³/mol. The third-order valence-electron chi connectivity index (χ3n) is 3.85. The molecular weight excluding hydrogens is 306 g/mol. The van der Waals surface area contributed by atoms with Crippen molar-refractivity contribution in [3.63, 3.8) is 0 Å². The van der Waals surface area contributed by atoms with E-state index in [9.17, 15) is 5.11 Å². The van der Waals surface area contributed by atoms with E-state index in [1.54, 1.807) is 18.3 Å². The number of nitrogens with one attached hydrogen (secondary N) is 1. The first kappa shape index (κ1) is 16.2. The molecule has 6 nitrogen and oxygen atoms in total. The van der Waals surface area contributed by atoms with E-state index < -0.39 is 0 Å². The van der Waals surface area contributed by atoms with Crippen molar-refractivity contribution < 1.29 is 14.9 Å². The molecule has 0 saturated heterocycles. The van der Waals surface area contributed by atoms with Gasteiger partial charge in [0.05, 0.1) is 7.11 Å². The molecule has 6 heteroatoms. The zero-order valence-corrected chi connectivity index (χ0v) is 13.6. The van der Waals surface area contributed by atoms with Gasteiger partial charge in [0.15, 0.2) is 5.84 Å². The molecule has 1 aromatic carbocycles. The molecule has 1 aliphatic rings. The Morgan fingerprint density at radius 1 is 1.17 bits per heavy atom. The molecule has 24 heavy (non-hydrogen) atoms. The van der Waals surface area contributed by atoms with E-state index in [4.69, 9.17) is 14.8 Å². The van der Waals surface area contributed by atoms with Crippen molar-refractivity contribution in [1.82, 2.24) is 10.3 Å². The zero-order chi connectivity index (χ0) is 16.9. The van der Waals surface area contributed by atoms with Crippen molar-refractivity contribution in [2.75, 3.05) is 13.7 Å². The molecule has 0 bridgehead atoms. The van der Waals surface area contributed by atoms with Crippen molar-refractivity contribution in [1.29, 1.82) is 0 Å².